The number of carbonyl (C=O) groups excluding carboxylic acids is 1. The number of hydrogen-bond acceptors (Lipinski definition) is 3. The zero-order chi connectivity index (χ0) is 9.10. The highest BCUT2D eigenvalue weighted by molar-refractivity contribution is 5.74. The lowest BCUT2D eigenvalue weighted by molar-refractivity contribution is 0.562. The first kappa shape index (κ1) is 7.67. The van der Waals surface area contributed by atoms with Crippen LogP contribution >= 0.6 is 0 Å². The normalized spacial score (nSPS) is 9.85. The van der Waals surface area contributed by atoms with Crippen LogP contribution in [0.25, 0.3) is 5.82 Å². The molecule has 0 bridgehead atoms. The number of nitrogens with zero attached hydrogens (tertiary/aromatic N) is 3. The Labute approximate surface area is 74.8 Å². The maximum Gasteiger partial charge on any atom is 0.235 e. The molecule has 0 aromatic carbocycles. The molecule has 0 amide bonds. The Morgan fingerprint density at radius 2 is 2.31 bits per heavy atom. The van der Waals surface area contributed by atoms with Crippen molar-refractivity contribution in [1.29, 1.82) is 0 Å². The smallest absolute Gasteiger partial charge is 0.235 e. The third kappa shape index (κ3) is 1.46. The summed E-state index contributed by atoms with van der Waals surface area (Å²) >= 11 is 0. The molecule has 0 aliphatic heterocycles. The largest absolute Gasteiger partial charge is 0.285 e. The molecule has 2 aromatic heterocycles. The molecule has 4 heteroatoms. The summed E-state index contributed by atoms with van der Waals surface area (Å²) in [4.78, 5) is 14.2. The number of hydrogen-bond donors (Lipinski definition) is 0. The van der Waals surface area contributed by atoms with Crippen molar-refractivity contribution in [1.82, 2.24) is 14.8 Å². The first-order valence-electron chi connectivity index (χ1n) is 3.74. The second-order valence-corrected chi connectivity index (χ2v) is 2.46. The standard InChI is InChI=1S/C9H6N3O/c13-7-8-2-3-9(10-6-8)12-5-1-4-11-12/h1-6H. The van der Waals surface area contributed by atoms with Crippen molar-refractivity contribution in [2.45, 2.75) is 0 Å². The summed E-state index contributed by atoms with van der Waals surface area (Å²) in [6, 6.07) is 5.17. The van der Waals surface area contributed by atoms with Crippen LogP contribution in [0.5, 0.6) is 0 Å². The summed E-state index contributed by atoms with van der Waals surface area (Å²) in [6.45, 7) is 0. The van der Waals surface area contributed by atoms with Gasteiger partial charge in [0.15, 0.2) is 5.82 Å². The van der Waals surface area contributed by atoms with E-state index in [1.807, 2.05) is 0 Å². The van der Waals surface area contributed by atoms with Crippen LogP contribution in [-0.4, -0.2) is 21.1 Å². The average Bonchev–Trinajstić information content (AvgIpc) is 2.71. The number of pyridine rings is 1. The Bertz CT molecular complexity index is 391. The summed E-state index contributed by atoms with van der Waals surface area (Å²) in [5, 5.41) is 4.00. The van der Waals surface area contributed by atoms with E-state index >= 15 is 0 Å². The van der Waals surface area contributed by atoms with Gasteiger partial charge in [0, 0.05) is 24.2 Å². The van der Waals surface area contributed by atoms with Gasteiger partial charge >= 0.3 is 0 Å². The second kappa shape index (κ2) is 3.18. The average molecular weight is 172 g/mol. The first-order chi connectivity index (χ1) is 6.40. The summed E-state index contributed by atoms with van der Waals surface area (Å²) < 4.78 is 1.62. The Hall–Kier alpha value is -1.97. The number of aromatic nitrogens is 3. The van der Waals surface area contributed by atoms with Crippen LogP contribution in [0.1, 0.15) is 5.56 Å². The molecular weight excluding hydrogens is 166 g/mol. The maximum atomic E-state index is 10.2. The molecule has 0 saturated heterocycles. The molecule has 0 atom stereocenters. The van der Waals surface area contributed by atoms with E-state index in [9.17, 15) is 4.79 Å². The molecule has 0 N–H and O–H groups in total. The van der Waals surface area contributed by atoms with E-state index in [0.29, 0.717) is 11.4 Å². The molecule has 0 aliphatic rings. The van der Waals surface area contributed by atoms with Crippen LogP contribution in [0.15, 0.2) is 36.8 Å². The van der Waals surface area contributed by atoms with Crippen molar-refractivity contribution < 1.29 is 4.79 Å². The Kier molecular flexibility index (Phi) is 1.88. The van der Waals surface area contributed by atoms with Crippen LogP contribution in [0.2, 0.25) is 0 Å². The van der Waals surface area contributed by atoms with Gasteiger partial charge in [-0.1, -0.05) is 0 Å². The second-order valence-electron chi connectivity index (χ2n) is 2.46. The van der Waals surface area contributed by atoms with Crippen molar-refractivity contribution in [2.75, 3.05) is 0 Å². The Morgan fingerprint density at radius 1 is 1.38 bits per heavy atom. The van der Waals surface area contributed by atoms with Crippen LogP contribution < -0.4 is 0 Å². The first-order valence-corrected chi connectivity index (χ1v) is 3.74. The topological polar surface area (TPSA) is 47.8 Å². The van der Waals surface area contributed by atoms with Crippen molar-refractivity contribution in [3.8, 4) is 5.82 Å². The molecule has 2 aromatic rings. The van der Waals surface area contributed by atoms with Crippen molar-refractivity contribution >= 4 is 6.29 Å². The van der Waals surface area contributed by atoms with Crippen molar-refractivity contribution in [3.05, 3.63) is 42.4 Å². The molecule has 0 unspecified atom stereocenters. The fraction of sp³-hybridized carbons (Fsp3) is 0. The van der Waals surface area contributed by atoms with Crippen LogP contribution in [-0.2, 0) is 4.79 Å². The Morgan fingerprint density at radius 3 is 2.85 bits per heavy atom. The third-order valence-corrected chi connectivity index (χ3v) is 1.60. The lowest BCUT2D eigenvalue weighted by Gasteiger charge is -1.98. The van der Waals surface area contributed by atoms with Gasteiger partial charge < -0.3 is 0 Å². The van der Waals surface area contributed by atoms with E-state index in [4.69, 9.17) is 0 Å². The van der Waals surface area contributed by atoms with Crippen LogP contribution in [0.4, 0.5) is 0 Å². The lowest BCUT2D eigenvalue weighted by atomic mass is 10.3. The van der Waals surface area contributed by atoms with E-state index in [2.05, 4.69) is 10.1 Å². The third-order valence-electron chi connectivity index (χ3n) is 1.60. The molecule has 0 saturated carbocycles. The minimum Gasteiger partial charge on any atom is -0.285 e. The van der Waals surface area contributed by atoms with Gasteiger partial charge in [0.25, 0.3) is 0 Å². The van der Waals surface area contributed by atoms with Gasteiger partial charge in [-0.15, -0.1) is 0 Å². The van der Waals surface area contributed by atoms with E-state index in [0.717, 1.165) is 0 Å². The highest BCUT2D eigenvalue weighted by atomic mass is 16.1. The van der Waals surface area contributed by atoms with E-state index < -0.39 is 0 Å². The lowest BCUT2D eigenvalue weighted by Crippen LogP contribution is -1.97. The minimum atomic E-state index is 0.441. The van der Waals surface area contributed by atoms with Crippen molar-refractivity contribution in [2.24, 2.45) is 0 Å². The number of rotatable bonds is 2. The predicted molar refractivity (Wildman–Crippen MR) is 46.2 cm³/mol. The molecule has 1 radical (unpaired) electrons. The van der Waals surface area contributed by atoms with Gasteiger partial charge in [-0.3, -0.25) is 4.79 Å². The predicted octanol–water partition coefficient (Wildman–Crippen LogP) is 0.725. The van der Waals surface area contributed by atoms with Gasteiger partial charge in [0.1, 0.15) is 0 Å². The summed E-state index contributed by atoms with van der Waals surface area (Å²) in [6.07, 6.45) is 6.67. The Balaban J connectivity index is 2.38. The van der Waals surface area contributed by atoms with Crippen LogP contribution in [0, 0.1) is 0 Å². The molecule has 13 heavy (non-hydrogen) atoms. The summed E-state index contributed by atoms with van der Waals surface area (Å²) in [5.74, 6) is 0.684. The van der Waals surface area contributed by atoms with Crippen LogP contribution in [0.3, 0.4) is 0 Å². The van der Waals surface area contributed by atoms with Gasteiger partial charge in [-0.2, -0.15) is 5.10 Å². The van der Waals surface area contributed by atoms with E-state index in [1.54, 1.807) is 41.6 Å². The quantitative estimate of drug-likeness (QED) is 0.670. The van der Waals surface area contributed by atoms with Gasteiger partial charge in [0.2, 0.25) is 6.29 Å². The maximum absolute atomic E-state index is 10.2. The van der Waals surface area contributed by atoms with Gasteiger partial charge in [0.05, 0.1) is 0 Å². The van der Waals surface area contributed by atoms with Gasteiger partial charge in [-0.25, -0.2) is 9.67 Å². The zero-order valence-electron chi connectivity index (χ0n) is 6.71. The molecule has 63 valence electrons. The zero-order valence-corrected chi connectivity index (χ0v) is 6.71. The molecule has 4 nitrogen and oxygen atoms in total. The van der Waals surface area contributed by atoms with Gasteiger partial charge in [-0.05, 0) is 18.2 Å². The van der Waals surface area contributed by atoms with Crippen molar-refractivity contribution in [3.63, 3.8) is 0 Å². The summed E-state index contributed by atoms with van der Waals surface area (Å²) in [7, 11) is 0. The molecular formula is C9H6N3O. The molecule has 0 fully saturated rings. The molecule has 2 rings (SSSR count). The highest BCUT2D eigenvalue weighted by Crippen LogP contribution is 2.02. The van der Waals surface area contributed by atoms with E-state index in [-0.39, 0.29) is 0 Å². The monoisotopic (exact) mass is 172 g/mol. The molecule has 0 aliphatic carbocycles. The molecule has 0 spiro atoms. The minimum absolute atomic E-state index is 0.441. The SMILES string of the molecule is O=[C]c1ccc(-n2cccn2)nc1. The molecule has 2 heterocycles. The fourth-order valence-corrected chi connectivity index (χ4v) is 0.986. The van der Waals surface area contributed by atoms with E-state index in [1.165, 1.54) is 6.20 Å². The summed E-state index contributed by atoms with van der Waals surface area (Å²) in [5.41, 5.74) is 0.441. The fourth-order valence-electron chi connectivity index (χ4n) is 0.986. The highest BCUT2D eigenvalue weighted by Gasteiger charge is 1.97.